The molecule has 1 nitrogen and oxygen atoms in total. The molecular formula is C7H4Cl2F2O. The molecule has 0 unspecified atom stereocenters. The van der Waals surface area contributed by atoms with Crippen molar-refractivity contribution >= 4 is 23.2 Å². The van der Waals surface area contributed by atoms with Gasteiger partial charge in [-0.15, -0.1) is 0 Å². The van der Waals surface area contributed by atoms with Crippen LogP contribution in [0.4, 0.5) is 8.78 Å². The Labute approximate surface area is 77.8 Å². The van der Waals surface area contributed by atoms with Gasteiger partial charge in [-0.05, 0) is 12.1 Å². The molecule has 0 aliphatic carbocycles. The molecule has 0 aromatic heterocycles. The second-order valence-electron chi connectivity index (χ2n) is 1.95. The van der Waals surface area contributed by atoms with Gasteiger partial charge in [-0.25, -0.2) is 0 Å². The third-order valence-corrected chi connectivity index (χ3v) is 1.86. The molecule has 0 N–H and O–H groups in total. The monoisotopic (exact) mass is 212 g/mol. The summed E-state index contributed by atoms with van der Waals surface area (Å²) in [5.74, 6) is -0.000556. The van der Waals surface area contributed by atoms with Crippen molar-refractivity contribution in [2.45, 2.75) is 6.61 Å². The van der Waals surface area contributed by atoms with Crippen LogP contribution in [-0.4, -0.2) is 6.61 Å². The zero-order valence-electron chi connectivity index (χ0n) is 5.73. The van der Waals surface area contributed by atoms with Crippen molar-refractivity contribution in [3.8, 4) is 5.75 Å². The van der Waals surface area contributed by atoms with E-state index < -0.39 is 6.61 Å². The summed E-state index contributed by atoms with van der Waals surface area (Å²) >= 11 is 11.1. The van der Waals surface area contributed by atoms with Crippen molar-refractivity contribution in [3.05, 3.63) is 28.2 Å². The van der Waals surface area contributed by atoms with Crippen molar-refractivity contribution in [1.82, 2.24) is 0 Å². The van der Waals surface area contributed by atoms with E-state index in [0.717, 1.165) is 0 Å². The molecule has 66 valence electrons. The molecule has 0 radical (unpaired) electrons. The van der Waals surface area contributed by atoms with Gasteiger partial charge in [-0.3, -0.25) is 0 Å². The van der Waals surface area contributed by atoms with Crippen molar-refractivity contribution in [2.24, 2.45) is 0 Å². The van der Waals surface area contributed by atoms with Crippen LogP contribution in [0.5, 0.6) is 5.75 Å². The number of ether oxygens (including phenoxy) is 1. The van der Waals surface area contributed by atoms with Crippen LogP contribution in [0.1, 0.15) is 0 Å². The Balaban J connectivity index is 2.82. The maximum absolute atomic E-state index is 11.7. The highest BCUT2D eigenvalue weighted by Crippen LogP contribution is 2.26. The van der Waals surface area contributed by atoms with Gasteiger partial charge < -0.3 is 4.74 Å². The second-order valence-corrected chi connectivity index (χ2v) is 2.77. The highest BCUT2D eigenvalue weighted by molar-refractivity contribution is 6.42. The number of rotatable bonds is 2. The van der Waals surface area contributed by atoms with Gasteiger partial charge in [0.05, 0.1) is 10.0 Å². The minimum Gasteiger partial charge on any atom is -0.435 e. The first kappa shape index (κ1) is 9.55. The molecule has 1 aromatic carbocycles. The van der Waals surface area contributed by atoms with E-state index in [1.54, 1.807) is 0 Å². The zero-order chi connectivity index (χ0) is 9.14. The lowest BCUT2D eigenvalue weighted by Gasteiger charge is -2.04. The molecular weight excluding hydrogens is 209 g/mol. The van der Waals surface area contributed by atoms with E-state index in [0.29, 0.717) is 5.02 Å². The largest absolute Gasteiger partial charge is 0.435 e. The molecule has 0 fully saturated rings. The summed E-state index contributed by atoms with van der Waals surface area (Å²) in [7, 11) is 0. The molecule has 1 aromatic rings. The predicted octanol–water partition coefficient (Wildman–Crippen LogP) is 3.59. The SMILES string of the molecule is FC(F)Oc1ccc(Cl)c(Cl)c1. The third-order valence-electron chi connectivity index (χ3n) is 1.12. The Morgan fingerprint density at radius 2 is 1.83 bits per heavy atom. The number of hydrogen-bond acceptors (Lipinski definition) is 1. The number of halogens is 4. The van der Waals surface area contributed by atoms with E-state index >= 15 is 0 Å². The van der Waals surface area contributed by atoms with Crippen LogP contribution in [0.25, 0.3) is 0 Å². The molecule has 0 saturated heterocycles. The summed E-state index contributed by atoms with van der Waals surface area (Å²) in [5, 5.41) is 0.494. The van der Waals surface area contributed by atoms with Crippen LogP contribution in [-0.2, 0) is 0 Å². The van der Waals surface area contributed by atoms with Crippen LogP contribution in [0, 0.1) is 0 Å². The van der Waals surface area contributed by atoms with E-state index in [-0.39, 0.29) is 10.8 Å². The van der Waals surface area contributed by atoms with E-state index in [2.05, 4.69) is 4.74 Å². The summed E-state index contributed by atoms with van der Waals surface area (Å²) in [6.45, 7) is -2.85. The van der Waals surface area contributed by atoms with Gasteiger partial charge in [0.15, 0.2) is 0 Å². The van der Waals surface area contributed by atoms with Crippen LogP contribution >= 0.6 is 23.2 Å². The molecule has 0 heterocycles. The topological polar surface area (TPSA) is 9.23 Å². The molecule has 12 heavy (non-hydrogen) atoms. The van der Waals surface area contributed by atoms with E-state index in [9.17, 15) is 8.78 Å². The summed E-state index contributed by atoms with van der Waals surface area (Å²) in [6.07, 6.45) is 0. The molecule has 0 aliphatic rings. The van der Waals surface area contributed by atoms with Gasteiger partial charge >= 0.3 is 6.61 Å². The first-order valence-corrected chi connectivity index (χ1v) is 3.75. The van der Waals surface area contributed by atoms with Crippen molar-refractivity contribution < 1.29 is 13.5 Å². The average molecular weight is 213 g/mol. The Bertz CT molecular complexity index is 278. The summed E-state index contributed by atoms with van der Waals surface area (Å²) in [4.78, 5) is 0. The number of hydrogen-bond donors (Lipinski definition) is 0. The van der Waals surface area contributed by atoms with Gasteiger partial charge in [-0.2, -0.15) is 8.78 Å². The Morgan fingerprint density at radius 3 is 2.33 bits per heavy atom. The Hall–Kier alpha value is -0.540. The number of benzene rings is 1. The van der Waals surface area contributed by atoms with Crippen molar-refractivity contribution in [3.63, 3.8) is 0 Å². The minimum absolute atomic E-state index is 0.000556. The van der Waals surface area contributed by atoms with Gasteiger partial charge in [-0.1, -0.05) is 23.2 Å². The quantitative estimate of drug-likeness (QED) is 0.729. The molecule has 0 atom stereocenters. The van der Waals surface area contributed by atoms with E-state index in [4.69, 9.17) is 23.2 Å². The van der Waals surface area contributed by atoms with Crippen molar-refractivity contribution in [1.29, 1.82) is 0 Å². The highest BCUT2D eigenvalue weighted by Gasteiger charge is 2.05. The van der Waals surface area contributed by atoms with Crippen LogP contribution in [0.2, 0.25) is 10.0 Å². The lowest BCUT2D eigenvalue weighted by atomic mass is 10.3. The molecule has 0 amide bonds. The fourth-order valence-electron chi connectivity index (χ4n) is 0.653. The maximum atomic E-state index is 11.7. The normalized spacial score (nSPS) is 10.4. The second kappa shape index (κ2) is 3.92. The standard InChI is InChI=1S/C7H4Cl2F2O/c8-5-2-1-4(3-6(5)9)12-7(10)11/h1-3,7H. The van der Waals surface area contributed by atoms with Gasteiger partial charge in [0.25, 0.3) is 0 Å². The average Bonchev–Trinajstić information content (AvgIpc) is 1.96. The van der Waals surface area contributed by atoms with Gasteiger partial charge in [0.1, 0.15) is 5.75 Å². The lowest BCUT2D eigenvalue weighted by molar-refractivity contribution is -0.0498. The third kappa shape index (κ3) is 2.50. The lowest BCUT2D eigenvalue weighted by Crippen LogP contribution is -2.01. The molecule has 0 bridgehead atoms. The van der Waals surface area contributed by atoms with Crippen molar-refractivity contribution in [2.75, 3.05) is 0 Å². The summed E-state index contributed by atoms with van der Waals surface area (Å²) in [5.41, 5.74) is 0. The molecule has 0 spiro atoms. The Morgan fingerprint density at radius 1 is 1.17 bits per heavy atom. The number of alkyl halides is 2. The molecule has 5 heteroatoms. The summed E-state index contributed by atoms with van der Waals surface area (Å²) < 4.78 is 27.4. The fraction of sp³-hybridized carbons (Fsp3) is 0.143. The smallest absolute Gasteiger partial charge is 0.387 e. The first-order valence-electron chi connectivity index (χ1n) is 2.99. The summed E-state index contributed by atoms with van der Waals surface area (Å²) in [6, 6.07) is 3.94. The molecule has 0 aliphatic heterocycles. The fourth-order valence-corrected chi connectivity index (χ4v) is 0.941. The first-order chi connectivity index (χ1) is 5.59. The van der Waals surface area contributed by atoms with Crippen LogP contribution in [0.15, 0.2) is 18.2 Å². The van der Waals surface area contributed by atoms with E-state index in [1.807, 2.05) is 0 Å². The molecule has 1 rings (SSSR count). The minimum atomic E-state index is -2.85. The Kier molecular flexibility index (Phi) is 3.12. The van der Waals surface area contributed by atoms with Crippen LogP contribution < -0.4 is 4.74 Å². The molecule has 0 saturated carbocycles. The maximum Gasteiger partial charge on any atom is 0.387 e. The highest BCUT2D eigenvalue weighted by atomic mass is 35.5. The van der Waals surface area contributed by atoms with Crippen LogP contribution in [0.3, 0.4) is 0 Å². The van der Waals surface area contributed by atoms with Gasteiger partial charge in [0, 0.05) is 6.07 Å². The zero-order valence-corrected chi connectivity index (χ0v) is 7.24. The van der Waals surface area contributed by atoms with E-state index in [1.165, 1.54) is 18.2 Å². The predicted molar refractivity (Wildman–Crippen MR) is 43.1 cm³/mol. The van der Waals surface area contributed by atoms with Gasteiger partial charge in [0.2, 0.25) is 0 Å².